The van der Waals surface area contributed by atoms with Crippen molar-refractivity contribution in [2.75, 3.05) is 0 Å². The van der Waals surface area contributed by atoms with Gasteiger partial charge in [-0.3, -0.25) is 4.79 Å². The molecule has 0 radical (unpaired) electrons. The molecular weight excluding hydrogens is 188 g/mol. The molecular formula is C13H22O2. The number of rotatable bonds is 3. The second kappa shape index (κ2) is 4.48. The van der Waals surface area contributed by atoms with Gasteiger partial charge in [0, 0.05) is 5.57 Å². The lowest BCUT2D eigenvalue weighted by Crippen LogP contribution is -2.32. The van der Waals surface area contributed by atoms with E-state index < -0.39 is 6.10 Å². The van der Waals surface area contributed by atoms with Crippen molar-refractivity contribution < 1.29 is 9.90 Å². The van der Waals surface area contributed by atoms with Gasteiger partial charge in [0.1, 0.15) is 6.10 Å². The number of hydrogen-bond acceptors (Lipinski definition) is 2. The van der Waals surface area contributed by atoms with E-state index in [9.17, 15) is 9.90 Å². The van der Waals surface area contributed by atoms with Crippen molar-refractivity contribution in [2.45, 2.75) is 59.5 Å². The summed E-state index contributed by atoms with van der Waals surface area (Å²) in [5.74, 6) is -0.0558. The summed E-state index contributed by atoms with van der Waals surface area (Å²) >= 11 is 0. The molecule has 15 heavy (non-hydrogen) atoms. The van der Waals surface area contributed by atoms with Gasteiger partial charge in [0.25, 0.3) is 0 Å². The summed E-state index contributed by atoms with van der Waals surface area (Å²) in [5, 5.41) is 9.64. The van der Waals surface area contributed by atoms with Crippen LogP contribution >= 0.6 is 0 Å². The van der Waals surface area contributed by atoms with E-state index in [0.29, 0.717) is 6.42 Å². The van der Waals surface area contributed by atoms with Crippen LogP contribution in [-0.2, 0) is 4.79 Å². The smallest absolute Gasteiger partial charge is 0.187 e. The molecule has 0 heterocycles. The molecule has 0 aromatic carbocycles. The Balaban J connectivity index is 3.04. The molecule has 0 aliphatic heterocycles. The Hall–Kier alpha value is -0.630. The van der Waals surface area contributed by atoms with Crippen LogP contribution in [0.3, 0.4) is 0 Å². The highest BCUT2D eigenvalue weighted by Gasteiger charge is 2.34. The highest BCUT2D eigenvalue weighted by Crippen LogP contribution is 2.41. The topological polar surface area (TPSA) is 37.3 Å². The summed E-state index contributed by atoms with van der Waals surface area (Å²) in [6, 6.07) is 0. The van der Waals surface area contributed by atoms with E-state index in [-0.39, 0.29) is 11.2 Å². The van der Waals surface area contributed by atoms with E-state index in [0.717, 1.165) is 24.8 Å². The first-order valence-corrected chi connectivity index (χ1v) is 5.82. The van der Waals surface area contributed by atoms with Crippen molar-refractivity contribution in [3.05, 3.63) is 11.1 Å². The lowest BCUT2D eigenvalue weighted by molar-refractivity contribution is -0.124. The predicted octanol–water partition coefficient (Wildman–Crippen LogP) is 2.85. The minimum absolute atomic E-state index is 0.0558. The van der Waals surface area contributed by atoms with Crippen molar-refractivity contribution >= 4 is 5.78 Å². The Morgan fingerprint density at radius 2 is 2.13 bits per heavy atom. The standard InChI is InChI=1S/C13H22O2/c1-5-10(14)12(15)11-9(2)7-6-8-13(11,3)4/h10,14H,5-8H2,1-4H3. The molecule has 1 aliphatic rings. The van der Waals surface area contributed by atoms with Gasteiger partial charge in [-0.2, -0.15) is 0 Å². The Bertz CT molecular complexity index is 287. The molecule has 0 saturated carbocycles. The summed E-state index contributed by atoms with van der Waals surface area (Å²) < 4.78 is 0. The van der Waals surface area contributed by atoms with Gasteiger partial charge in [-0.05, 0) is 38.0 Å². The van der Waals surface area contributed by atoms with E-state index in [1.807, 2.05) is 13.8 Å². The molecule has 0 spiro atoms. The number of allylic oxidation sites excluding steroid dienone is 1. The Kier molecular flexibility index (Phi) is 3.72. The van der Waals surface area contributed by atoms with Gasteiger partial charge in [0.05, 0.1) is 0 Å². The predicted molar refractivity (Wildman–Crippen MR) is 61.6 cm³/mol. The average molecular weight is 210 g/mol. The largest absolute Gasteiger partial charge is 0.385 e. The summed E-state index contributed by atoms with van der Waals surface area (Å²) in [7, 11) is 0. The van der Waals surface area contributed by atoms with Crippen molar-refractivity contribution in [3.63, 3.8) is 0 Å². The van der Waals surface area contributed by atoms with E-state index in [1.165, 1.54) is 5.57 Å². The maximum absolute atomic E-state index is 12.0. The molecule has 1 rings (SSSR count). The average Bonchev–Trinajstić information content (AvgIpc) is 2.14. The first kappa shape index (κ1) is 12.4. The number of ketones is 1. The SMILES string of the molecule is CCC(O)C(=O)C1=C(C)CCCC1(C)C. The highest BCUT2D eigenvalue weighted by atomic mass is 16.3. The molecule has 0 saturated heterocycles. The Morgan fingerprint density at radius 3 is 2.60 bits per heavy atom. The van der Waals surface area contributed by atoms with Gasteiger partial charge in [0.2, 0.25) is 0 Å². The van der Waals surface area contributed by atoms with Crippen molar-refractivity contribution in [3.8, 4) is 0 Å². The second-order valence-corrected chi connectivity index (χ2v) is 5.18. The fourth-order valence-electron chi connectivity index (χ4n) is 2.52. The van der Waals surface area contributed by atoms with Crippen molar-refractivity contribution in [1.29, 1.82) is 0 Å². The van der Waals surface area contributed by atoms with Crippen LogP contribution in [-0.4, -0.2) is 17.0 Å². The fourth-order valence-corrected chi connectivity index (χ4v) is 2.52. The molecule has 1 atom stereocenters. The highest BCUT2D eigenvalue weighted by molar-refractivity contribution is 6.00. The van der Waals surface area contributed by atoms with Crippen LogP contribution in [0, 0.1) is 5.41 Å². The number of Topliss-reactive ketones (excluding diaryl/α,β-unsaturated/α-hetero) is 1. The third-order valence-electron chi connectivity index (χ3n) is 3.39. The van der Waals surface area contributed by atoms with Gasteiger partial charge in [0.15, 0.2) is 5.78 Å². The minimum Gasteiger partial charge on any atom is -0.385 e. The number of carbonyl (C=O) groups excluding carboxylic acids is 1. The van der Waals surface area contributed by atoms with Crippen molar-refractivity contribution in [1.82, 2.24) is 0 Å². The number of aliphatic hydroxyl groups is 1. The summed E-state index contributed by atoms with van der Waals surface area (Å²) in [6.45, 7) is 8.07. The van der Waals surface area contributed by atoms with Crippen LogP contribution in [0.1, 0.15) is 53.4 Å². The third-order valence-corrected chi connectivity index (χ3v) is 3.39. The molecule has 0 aromatic heterocycles. The molecule has 0 aromatic rings. The summed E-state index contributed by atoms with van der Waals surface area (Å²) in [6.07, 6.45) is 2.89. The van der Waals surface area contributed by atoms with Crippen LogP contribution < -0.4 is 0 Å². The maximum atomic E-state index is 12.0. The number of hydrogen-bond donors (Lipinski definition) is 1. The van der Waals surface area contributed by atoms with Crippen LogP contribution in [0.5, 0.6) is 0 Å². The molecule has 1 N–H and O–H groups in total. The zero-order chi connectivity index (χ0) is 11.6. The minimum atomic E-state index is -0.813. The lowest BCUT2D eigenvalue weighted by Gasteiger charge is -2.34. The first-order chi connectivity index (χ1) is 6.90. The lowest BCUT2D eigenvalue weighted by atomic mass is 9.70. The van der Waals surface area contributed by atoms with E-state index in [2.05, 4.69) is 13.8 Å². The van der Waals surface area contributed by atoms with Crippen molar-refractivity contribution in [2.24, 2.45) is 5.41 Å². The van der Waals surface area contributed by atoms with E-state index >= 15 is 0 Å². The summed E-state index contributed by atoms with van der Waals surface area (Å²) in [4.78, 5) is 12.0. The Labute approximate surface area is 92.4 Å². The third kappa shape index (κ3) is 2.49. The van der Waals surface area contributed by atoms with Gasteiger partial charge < -0.3 is 5.11 Å². The van der Waals surface area contributed by atoms with Crippen LogP contribution in [0.4, 0.5) is 0 Å². The van der Waals surface area contributed by atoms with Crippen LogP contribution in [0.2, 0.25) is 0 Å². The molecule has 2 heteroatoms. The normalized spacial score (nSPS) is 22.7. The second-order valence-electron chi connectivity index (χ2n) is 5.18. The molecule has 0 fully saturated rings. The van der Waals surface area contributed by atoms with Crippen LogP contribution in [0.25, 0.3) is 0 Å². The fraction of sp³-hybridized carbons (Fsp3) is 0.769. The Morgan fingerprint density at radius 1 is 1.53 bits per heavy atom. The number of aliphatic hydroxyl groups excluding tert-OH is 1. The zero-order valence-electron chi connectivity index (χ0n) is 10.3. The first-order valence-electron chi connectivity index (χ1n) is 5.82. The van der Waals surface area contributed by atoms with E-state index in [4.69, 9.17) is 0 Å². The van der Waals surface area contributed by atoms with Gasteiger partial charge >= 0.3 is 0 Å². The number of carbonyl (C=O) groups is 1. The molecule has 86 valence electrons. The molecule has 0 amide bonds. The quantitative estimate of drug-likeness (QED) is 0.777. The van der Waals surface area contributed by atoms with E-state index in [1.54, 1.807) is 0 Å². The zero-order valence-corrected chi connectivity index (χ0v) is 10.3. The van der Waals surface area contributed by atoms with Gasteiger partial charge in [-0.25, -0.2) is 0 Å². The maximum Gasteiger partial charge on any atom is 0.187 e. The molecule has 0 bridgehead atoms. The summed E-state index contributed by atoms with van der Waals surface area (Å²) in [5.41, 5.74) is 1.99. The molecule has 2 nitrogen and oxygen atoms in total. The van der Waals surface area contributed by atoms with Gasteiger partial charge in [-0.15, -0.1) is 0 Å². The van der Waals surface area contributed by atoms with Crippen LogP contribution in [0.15, 0.2) is 11.1 Å². The molecule has 1 unspecified atom stereocenters. The molecule has 1 aliphatic carbocycles. The monoisotopic (exact) mass is 210 g/mol. The van der Waals surface area contributed by atoms with Gasteiger partial charge in [-0.1, -0.05) is 26.3 Å².